The number of nitrogens with two attached hydrogens (primary N) is 2. The molecule has 0 saturated carbocycles. The van der Waals surface area contributed by atoms with E-state index in [0.717, 1.165) is 78.5 Å². The Hall–Kier alpha value is -3.48. The van der Waals surface area contributed by atoms with Crippen molar-refractivity contribution >= 4 is 33.8 Å². The Morgan fingerprint density at radius 2 is 1.84 bits per heavy atom. The van der Waals surface area contributed by atoms with Crippen LogP contribution in [0.15, 0.2) is 48.7 Å². The summed E-state index contributed by atoms with van der Waals surface area (Å²) in [7, 11) is 0. The molecule has 1 aromatic carbocycles. The Labute approximate surface area is 187 Å². The largest absolute Gasteiger partial charge is 0.382 e. The zero-order valence-electron chi connectivity index (χ0n) is 18.5. The first-order valence-corrected chi connectivity index (χ1v) is 11.3. The van der Waals surface area contributed by atoms with Gasteiger partial charge in [-0.15, -0.1) is 0 Å². The van der Waals surface area contributed by atoms with Crippen LogP contribution in [0.25, 0.3) is 22.1 Å². The standard InChI is InChI=1S/C25H30N6O/c1-2-3-14-20-30-22-23(21-19(29-24(22)26)13-9-15-28-21)31(20)16-8-7-12-18(25(27)32)17-10-5-4-6-11-17/h4-6,9-11,13,15,18H,2-3,7-8,12,14,16H2,1H3,(H2,26,29)(H2,27,32). The van der Waals surface area contributed by atoms with Gasteiger partial charge in [-0.2, -0.15) is 0 Å². The summed E-state index contributed by atoms with van der Waals surface area (Å²) in [6, 6.07) is 13.6. The second-order valence-electron chi connectivity index (χ2n) is 8.21. The van der Waals surface area contributed by atoms with Crippen LogP contribution in [0.5, 0.6) is 0 Å². The molecule has 1 amide bonds. The van der Waals surface area contributed by atoms with Crippen molar-refractivity contribution in [3.63, 3.8) is 0 Å². The molecular formula is C25H30N6O. The molecule has 4 rings (SSSR count). The third-order valence-electron chi connectivity index (χ3n) is 5.96. The summed E-state index contributed by atoms with van der Waals surface area (Å²) in [5, 5.41) is 0. The van der Waals surface area contributed by atoms with E-state index in [9.17, 15) is 4.79 Å². The van der Waals surface area contributed by atoms with Crippen molar-refractivity contribution in [1.29, 1.82) is 0 Å². The van der Waals surface area contributed by atoms with Gasteiger partial charge in [0.2, 0.25) is 5.91 Å². The topological polar surface area (TPSA) is 113 Å². The SMILES string of the molecule is CCCCc1nc2c(N)nc3cccnc3c2n1CCCCC(C(N)=O)c1ccccc1. The molecule has 0 saturated heterocycles. The van der Waals surface area contributed by atoms with E-state index in [2.05, 4.69) is 21.5 Å². The highest BCUT2D eigenvalue weighted by atomic mass is 16.1. The van der Waals surface area contributed by atoms with E-state index >= 15 is 0 Å². The van der Waals surface area contributed by atoms with Crippen molar-refractivity contribution in [2.45, 2.75) is 57.9 Å². The minimum absolute atomic E-state index is 0.266. The fourth-order valence-electron chi connectivity index (χ4n) is 4.31. The Bertz CT molecular complexity index is 1220. The Kier molecular flexibility index (Phi) is 6.63. The van der Waals surface area contributed by atoms with E-state index < -0.39 is 0 Å². The molecule has 4 aromatic rings. The van der Waals surface area contributed by atoms with Gasteiger partial charge in [0.1, 0.15) is 22.4 Å². The molecule has 0 radical (unpaired) electrons. The van der Waals surface area contributed by atoms with E-state index in [4.69, 9.17) is 16.5 Å². The molecule has 0 aliphatic rings. The molecule has 0 bridgehead atoms. The third kappa shape index (κ3) is 4.42. The minimum atomic E-state index is -0.276. The van der Waals surface area contributed by atoms with Crippen LogP contribution in [0.4, 0.5) is 5.82 Å². The number of nitrogen functional groups attached to an aromatic ring is 1. The number of hydrogen-bond donors (Lipinski definition) is 2. The summed E-state index contributed by atoms with van der Waals surface area (Å²) in [4.78, 5) is 26.0. The Morgan fingerprint density at radius 1 is 1.03 bits per heavy atom. The van der Waals surface area contributed by atoms with Crippen LogP contribution in [0.3, 0.4) is 0 Å². The van der Waals surface area contributed by atoms with Gasteiger partial charge in [-0.3, -0.25) is 9.78 Å². The lowest BCUT2D eigenvalue weighted by atomic mass is 9.93. The maximum atomic E-state index is 12.0. The van der Waals surface area contributed by atoms with Crippen LogP contribution < -0.4 is 11.5 Å². The lowest BCUT2D eigenvalue weighted by molar-refractivity contribution is -0.119. The molecule has 1 unspecified atom stereocenters. The van der Waals surface area contributed by atoms with Gasteiger partial charge in [0.15, 0.2) is 5.82 Å². The number of anilines is 1. The van der Waals surface area contributed by atoms with E-state index in [1.54, 1.807) is 6.20 Å². The molecule has 7 heteroatoms. The summed E-state index contributed by atoms with van der Waals surface area (Å²) >= 11 is 0. The number of hydrogen-bond acceptors (Lipinski definition) is 5. The van der Waals surface area contributed by atoms with Crippen LogP contribution in [-0.2, 0) is 17.8 Å². The van der Waals surface area contributed by atoms with Crippen LogP contribution in [0, 0.1) is 0 Å². The number of pyridine rings is 2. The van der Waals surface area contributed by atoms with Gasteiger partial charge < -0.3 is 16.0 Å². The molecule has 0 aliphatic carbocycles. The number of imidazole rings is 1. The lowest BCUT2D eigenvalue weighted by Crippen LogP contribution is -2.21. The van der Waals surface area contributed by atoms with Crippen molar-refractivity contribution in [2.75, 3.05) is 5.73 Å². The summed E-state index contributed by atoms with van der Waals surface area (Å²) in [6.07, 6.45) is 7.30. The van der Waals surface area contributed by atoms with Crippen LogP contribution in [-0.4, -0.2) is 25.4 Å². The quantitative estimate of drug-likeness (QED) is 0.363. The molecule has 3 aromatic heterocycles. The summed E-state index contributed by atoms with van der Waals surface area (Å²) < 4.78 is 2.25. The summed E-state index contributed by atoms with van der Waals surface area (Å²) in [6.45, 7) is 2.96. The van der Waals surface area contributed by atoms with Gasteiger partial charge in [-0.25, -0.2) is 9.97 Å². The van der Waals surface area contributed by atoms with Crippen molar-refractivity contribution in [1.82, 2.24) is 19.5 Å². The number of primary amides is 1. The average molecular weight is 431 g/mol. The number of unbranched alkanes of at least 4 members (excludes halogenated alkanes) is 2. The van der Waals surface area contributed by atoms with Gasteiger partial charge in [0.05, 0.1) is 11.4 Å². The van der Waals surface area contributed by atoms with Crippen molar-refractivity contribution < 1.29 is 4.79 Å². The highest BCUT2D eigenvalue weighted by molar-refractivity contribution is 6.04. The zero-order valence-corrected chi connectivity index (χ0v) is 18.5. The Morgan fingerprint density at radius 3 is 2.59 bits per heavy atom. The first-order chi connectivity index (χ1) is 15.6. The van der Waals surface area contributed by atoms with Crippen molar-refractivity contribution in [2.24, 2.45) is 5.73 Å². The van der Waals surface area contributed by atoms with Crippen molar-refractivity contribution in [3.8, 4) is 0 Å². The zero-order chi connectivity index (χ0) is 22.5. The number of amides is 1. The van der Waals surface area contributed by atoms with Gasteiger partial charge in [0, 0.05) is 19.2 Å². The molecule has 4 N–H and O–H groups in total. The molecule has 32 heavy (non-hydrogen) atoms. The predicted octanol–water partition coefficient (Wildman–Crippen LogP) is 4.34. The normalized spacial score (nSPS) is 12.4. The molecular weight excluding hydrogens is 400 g/mol. The van der Waals surface area contributed by atoms with E-state index in [0.29, 0.717) is 5.82 Å². The van der Waals surface area contributed by atoms with E-state index in [1.165, 1.54) is 0 Å². The molecule has 0 spiro atoms. The maximum Gasteiger partial charge on any atom is 0.224 e. The smallest absolute Gasteiger partial charge is 0.224 e. The molecule has 166 valence electrons. The molecule has 3 heterocycles. The molecule has 0 aliphatic heterocycles. The number of carbonyl (C=O) groups is 1. The van der Waals surface area contributed by atoms with Crippen LogP contribution in [0.2, 0.25) is 0 Å². The maximum absolute atomic E-state index is 12.0. The lowest BCUT2D eigenvalue weighted by Gasteiger charge is -2.15. The van der Waals surface area contributed by atoms with Gasteiger partial charge in [-0.05, 0) is 37.0 Å². The fraction of sp³-hybridized carbons (Fsp3) is 0.360. The number of carbonyl (C=O) groups excluding carboxylic acids is 1. The van der Waals surface area contributed by atoms with Gasteiger partial charge >= 0.3 is 0 Å². The second-order valence-corrected chi connectivity index (χ2v) is 8.21. The Balaban J connectivity index is 1.59. The van der Waals surface area contributed by atoms with Crippen LogP contribution >= 0.6 is 0 Å². The summed E-state index contributed by atoms with van der Waals surface area (Å²) in [5.41, 5.74) is 16.2. The first kappa shape index (κ1) is 21.7. The van der Waals surface area contributed by atoms with Crippen molar-refractivity contribution in [3.05, 3.63) is 60.0 Å². The fourth-order valence-corrected chi connectivity index (χ4v) is 4.31. The monoisotopic (exact) mass is 430 g/mol. The van der Waals surface area contributed by atoms with Gasteiger partial charge in [0.25, 0.3) is 0 Å². The number of aromatic nitrogens is 4. The number of benzene rings is 1. The number of nitrogens with zero attached hydrogens (tertiary/aromatic N) is 4. The molecule has 7 nitrogen and oxygen atoms in total. The highest BCUT2D eigenvalue weighted by Crippen LogP contribution is 2.29. The predicted molar refractivity (Wildman–Crippen MR) is 128 cm³/mol. The average Bonchev–Trinajstić information content (AvgIpc) is 3.17. The van der Waals surface area contributed by atoms with E-state index in [1.807, 2.05) is 42.5 Å². The highest BCUT2D eigenvalue weighted by Gasteiger charge is 2.19. The van der Waals surface area contributed by atoms with E-state index in [-0.39, 0.29) is 11.8 Å². The minimum Gasteiger partial charge on any atom is -0.382 e. The van der Waals surface area contributed by atoms with Gasteiger partial charge in [-0.1, -0.05) is 50.1 Å². The number of aryl methyl sites for hydroxylation is 2. The summed E-state index contributed by atoms with van der Waals surface area (Å²) in [5.74, 6) is 0.914. The molecule has 0 fully saturated rings. The van der Waals surface area contributed by atoms with Crippen LogP contribution in [0.1, 0.15) is 56.3 Å². The first-order valence-electron chi connectivity index (χ1n) is 11.3. The number of fused-ring (bicyclic) bond motifs is 3. The molecule has 1 atom stereocenters. The second kappa shape index (κ2) is 9.77. The third-order valence-corrected chi connectivity index (χ3v) is 5.96. The number of rotatable bonds is 10.